The molecule has 1 saturated heterocycles. The van der Waals surface area contributed by atoms with Crippen LogP contribution in [0.3, 0.4) is 0 Å². The molecule has 0 unspecified atom stereocenters. The number of aryl methyl sites for hydroxylation is 1. The van der Waals surface area contributed by atoms with Crippen molar-refractivity contribution in [1.29, 1.82) is 0 Å². The summed E-state index contributed by atoms with van der Waals surface area (Å²) in [6.45, 7) is 6.15. The van der Waals surface area contributed by atoms with E-state index in [0.29, 0.717) is 0 Å². The Kier molecular flexibility index (Phi) is 2.75. The van der Waals surface area contributed by atoms with Crippen molar-refractivity contribution >= 4 is 0 Å². The van der Waals surface area contributed by atoms with Crippen LogP contribution in [-0.2, 0) is 6.54 Å². The topological polar surface area (TPSA) is 62.4 Å². The van der Waals surface area contributed by atoms with Gasteiger partial charge in [0, 0.05) is 19.6 Å². The summed E-state index contributed by atoms with van der Waals surface area (Å²) in [4.78, 5) is 2.15. The molecular formula is C10H17N3O2. The molecule has 15 heavy (non-hydrogen) atoms. The Hall–Kier alpha value is -0.940. The second kappa shape index (κ2) is 3.90. The lowest BCUT2D eigenvalue weighted by atomic mass is 9.89. The van der Waals surface area contributed by atoms with Crippen molar-refractivity contribution in [3.8, 4) is 0 Å². The van der Waals surface area contributed by atoms with Crippen molar-refractivity contribution in [2.45, 2.75) is 38.8 Å². The van der Waals surface area contributed by atoms with E-state index in [1.807, 2.05) is 6.92 Å². The van der Waals surface area contributed by atoms with Gasteiger partial charge in [0.15, 0.2) is 0 Å². The molecule has 0 amide bonds. The Labute approximate surface area is 89.0 Å². The average molecular weight is 211 g/mol. The highest BCUT2D eigenvalue weighted by Gasteiger charge is 2.40. The molecule has 1 aromatic heterocycles. The molecular weight excluding hydrogens is 194 g/mol. The minimum Gasteiger partial charge on any atom is -0.387 e. The lowest BCUT2D eigenvalue weighted by Gasteiger charge is -2.46. The van der Waals surface area contributed by atoms with Crippen molar-refractivity contribution in [2.24, 2.45) is 0 Å². The zero-order chi connectivity index (χ0) is 10.9. The molecule has 0 saturated carbocycles. The number of aliphatic hydroxyl groups is 1. The molecule has 2 rings (SSSR count). The molecule has 1 fully saturated rings. The van der Waals surface area contributed by atoms with Gasteiger partial charge in [-0.1, -0.05) is 23.7 Å². The predicted octanol–water partition coefficient (Wildman–Crippen LogP) is 0.725. The van der Waals surface area contributed by atoms with E-state index in [0.717, 1.165) is 43.9 Å². The molecule has 84 valence electrons. The van der Waals surface area contributed by atoms with Crippen LogP contribution in [0, 0.1) is 6.92 Å². The van der Waals surface area contributed by atoms with E-state index in [-0.39, 0.29) is 0 Å². The molecule has 1 aliphatic rings. The molecule has 0 atom stereocenters. The zero-order valence-corrected chi connectivity index (χ0v) is 9.23. The van der Waals surface area contributed by atoms with Gasteiger partial charge in [-0.25, -0.2) is 4.63 Å². The first kappa shape index (κ1) is 10.6. The minimum absolute atomic E-state index is 0.472. The average Bonchev–Trinajstić information content (AvgIpc) is 2.50. The van der Waals surface area contributed by atoms with E-state index in [9.17, 15) is 5.11 Å². The van der Waals surface area contributed by atoms with E-state index >= 15 is 0 Å². The van der Waals surface area contributed by atoms with Crippen LogP contribution in [0.5, 0.6) is 0 Å². The highest BCUT2D eigenvalue weighted by Crippen LogP contribution is 2.27. The summed E-state index contributed by atoms with van der Waals surface area (Å²) < 4.78 is 4.63. The number of β-amino-alcohol motifs (C(OH)–C–C–N with tert-alkyl or cyclic N) is 1. The van der Waals surface area contributed by atoms with E-state index in [2.05, 4.69) is 26.8 Å². The second-order valence-electron chi connectivity index (χ2n) is 4.42. The summed E-state index contributed by atoms with van der Waals surface area (Å²) in [5.41, 5.74) is 1.23. The van der Waals surface area contributed by atoms with Gasteiger partial charge < -0.3 is 5.11 Å². The molecule has 0 spiro atoms. The molecule has 1 N–H and O–H groups in total. The third kappa shape index (κ3) is 2.18. The molecule has 0 bridgehead atoms. The summed E-state index contributed by atoms with van der Waals surface area (Å²) in [5, 5.41) is 17.5. The summed E-state index contributed by atoms with van der Waals surface area (Å²) in [5.74, 6) is 0. The smallest absolute Gasteiger partial charge is 0.122 e. The van der Waals surface area contributed by atoms with Gasteiger partial charge in [0.2, 0.25) is 0 Å². The van der Waals surface area contributed by atoms with Crippen LogP contribution in [0.1, 0.15) is 31.2 Å². The maximum absolute atomic E-state index is 9.98. The maximum atomic E-state index is 9.98. The molecule has 1 aliphatic heterocycles. The van der Waals surface area contributed by atoms with E-state index in [4.69, 9.17) is 0 Å². The van der Waals surface area contributed by atoms with Crippen molar-refractivity contribution in [1.82, 2.24) is 15.2 Å². The van der Waals surface area contributed by atoms with Crippen molar-refractivity contribution in [3.63, 3.8) is 0 Å². The Morgan fingerprint density at radius 1 is 1.47 bits per heavy atom. The first-order valence-electron chi connectivity index (χ1n) is 5.36. The number of aromatic nitrogens is 2. The number of nitrogens with zero attached hydrogens (tertiary/aromatic N) is 3. The van der Waals surface area contributed by atoms with Crippen molar-refractivity contribution in [2.75, 3.05) is 13.1 Å². The van der Waals surface area contributed by atoms with Gasteiger partial charge in [-0.05, 0) is 13.3 Å². The monoisotopic (exact) mass is 211 g/mol. The molecule has 0 radical (unpaired) electrons. The molecule has 1 aromatic rings. The van der Waals surface area contributed by atoms with Gasteiger partial charge in [-0.3, -0.25) is 4.90 Å². The fourth-order valence-electron chi connectivity index (χ4n) is 2.13. The first-order valence-corrected chi connectivity index (χ1v) is 5.36. The normalized spacial score (nSPS) is 20.2. The van der Waals surface area contributed by atoms with Gasteiger partial charge in [-0.15, -0.1) is 0 Å². The highest BCUT2D eigenvalue weighted by atomic mass is 16.6. The summed E-state index contributed by atoms with van der Waals surface area (Å²) in [7, 11) is 0. The van der Waals surface area contributed by atoms with Crippen LogP contribution in [-0.4, -0.2) is 39.0 Å². The number of hydrogen-bond donors (Lipinski definition) is 1. The third-order valence-corrected chi connectivity index (χ3v) is 2.87. The van der Waals surface area contributed by atoms with E-state index in [1.54, 1.807) is 0 Å². The largest absolute Gasteiger partial charge is 0.387 e. The molecule has 5 nitrogen and oxygen atoms in total. The Balaban J connectivity index is 1.83. The molecule has 0 aliphatic carbocycles. The number of likely N-dealkylation sites (tertiary alicyclic amines) is 1. The lowest BCUT2D eigenvalue weighted by molar-refractivity contribution is -0.107. The van der Waals surface area contributed by atoms with Crippen LogP contribution < -0.4 is 0 Å². The minimum atomic E-state index is -0.472. The summed E-state index contributed by atoms with van der Waals surface area (Å²) in [6.07, 6.45) is 1.90. The first-order chi connectivity index (χ1) is 7.13. The van der Waals surface area contributed by atoms with E-state index < -0.39 is 5.60 Å². The van der Waals surface area contributed by atoms with Crippen LogP contribution in [0.25, 0.3) is 0 Å². The molecule has 2 heterocycles. The van der Waals surface area contributed by atoms with Crippen molar-refractivity contribution < 1.29 is 9.74 Å². The van der Waals surface area contributed by atoms with Gasteiger partial charge in [-0.2, -0.15) is 0 Å². The van der Waals surface area contributed by atoms with Crippen LogP contribution in [0.15, 0.2) is 4.63 Å². The van der Waals surface area contributed by atoms with Gasteiger partial charge >= 0.3 is 0 Å². The lowest BCUT2D eigenvalue weighted by Crippen LogP contribution is -2.61. The van der Waals surface area contributed by atoms with Gasteiger partial charge in [0.25, 0.3) is 0 Å². The van der Waals surface area contributed by atoms with Gasteiger partial charge in [0.05, 0.1) is 5.60 Å². The molecule has 0 aromatic carbocycles. The van der Waals surface area contributed by atoms with Crippen LogP contribution in [0.2, 0.25) is 0 Å². The second-order valence-corrected chi connectivity index (χ2v) is 4.42. The predicted molar refractivity (Wildman–Crippen MR) is 54.2 cm³/mol. The molecule has 5 heteroatoms. The van der Waals surface area contributed by atoms with E-state index in [1.165, 1.54) is 0 Å². The Morgan fingerprint density at radius 2 is 2.20 bits per heavy atom. The van der Waals surface area contributed by atoms with Crippen LogP contribution >= 0.6 is 0 Å². The Morgan fingerprint density at radius 3 is 2.73 bits per heavy atom. The summed E-state index contributed by atoms with van der Waals surface area (Å²) in [6, 6.07) is 0. The van der Waals surface area contributed by atoms with Crippen LogP contribution in [0.4, 0.5) is 0 Å². The quantitative estimate of drug-likeness (QED) is 0.795. The highest BCUT2D eigenvalue weighted by molar-refractivity contribution is 5.07. The third-order valence-electron chi connectivity index (χ3n) is 2.87. The number of hydrogen-bond acceptors (Lipinski definition) is 5. The van der Waals surface area contributed by atoms with Gasteiger partial charge in [0.1, 0.15) is 11.4 Å². The SMILES string of the molecule is CCCC1(O)CN(Cc2nonc2C)C1. The Bertz CT molecular complexity index is 331. The maximum Gasteiger partial charge on any atom is 0.122 e. The summed E-state index contributed by atoms with van der Waals surface area (Å²) >= 11 is 0. The fourth-order valence-corrected chi connectivity index (χ4v) is 2.13. The van der Waals surface area contributed by atoms with Crippen molar-refractivity contribution in [3.05, 3.63) is 11.4 Å². The number of rotatable bonds is 4. The fraction of sp³-hybridized carbons (Fsp3) is 0.800. The zero-order valence-electron chi connectivity index (χ0n) is 9.23. The standard InChI is InChI=1S/C10H17N3O2/c1-3-4-10(14)6-13(7-10)5-9-8(2)11-15-12-9/h14H,3-7H2,1-2H3.